The first-order chi connectivity index (χ1) is 5.15. The van der Waals surface area contributed by atoms with Crippen molar-refractivity contribution >= 4 is 31.9 Å². The molecule has 0 radical (unpaired) electrons. The first-order valence-electron chi connectivity index (χ1n) is 2.75. The normalized spacial score (nSPS) is 9.27. The lowest BCUT2D eigenvalue weighted by Gasteiger charge is -1.97. The molecule has 0 spiro atoms. The summed E-state index contributed by atoms with van der Waals surface area (Å²) in [7, 11) is 0. The summed E-state index contributed by atoms with van der Waals surface area (Å²) in [5, 5.41) is 8.55. The molecule has 0 unspecified atom stereocenters. The van der Waals surface area contributed by atoms with E-state index in [-0.39, 0.29) is 0 Å². The third kappa shape index (κ3) is 1.76. The van der Waals surface area contributed by atoms with Gasteiger partial charge in [-0.15, -0.1) is 0 Å². The van der Waals surface area contributed by atoms with Gasteiger partial charge >= 0.3 is 0 Å². The van der Waals surface area contributed by atoms with Crippen LogP contribution in [0.5, 0.6) is 0 Å². The van der Waals surface area contributed by atoms with E-state index in [0.29, 0.717) is 20.6 Å². The van der Waals surface area contributed by atoms with Crippen LogP contribution in [0.3, 0.4) is 0 Å². The number of nitriles is 1. The Balaban J connectivity index is 3.35. The molecule has 3 nitrogen and oxygen atoms in total. The highest BCUT2D eigenvalue weighted by molar-refractivity contribution is 9.13. The zero-order chi connectivity index (χ0) is 8.43. The summed E-state index contributed by atoms with van der Waals surface area (Å²) in [5.74, 6) is 0. The van der Waals surface area contributed by atoms with E-state index in [0.717, 1.165) is 0 Å². The third-order valence-electron chi connectivity index (χ3n) is 1.09. The molecule has 1 rings (SSSR count). The van der Waals surface area contributed by atoms with Crippen LogP contribution < -0.4 is 0 Å². The molecule has 0 saturated heterocycles. The molecule has 0 aliphatic heterocycles. The van der Waals surface area contributed by atoms with Gasteiger partial charge in [0.1, 0.15) is 15.3 Å². The number of hydrogen-bond donors (Lipinski definition) is 0. The van der Waals surface area contributed by atoms with Crippen molar-refractivity contribution in [2.45, 2.75) is 6.92 Å². The van der Waals surface area contributed by atoms with Gasteiger partial charge in [-0.3, -0.25) is 0 Å². The lowest BCUT2D eigenvalue weighted by molar-refractivity contribution is 1.04. The van der Waals surface area contributed by atoms with E-state index >= 15 is 0 Å². The second-order valence-electron chi connectivity index (χ2n) is 1.85. The topological polar surface area (TPSA) is 49.6 Å². The first kappa shape index (κ1) is 8.62. The van der Waals surface area contributed by atoms with Crippen LogP contribution in [0.15, 0.2) is 9.21 Å². The molecule has 0 aromatic carbocycles. The molecule has 0 amide bonds. The highest BCUT2D eigenvalue weighted by atomic mass is 79.9. The minimum atomic E-state index is 0.347. The summed E-state index contributed by atoms with van der Waals surface area (Å²) in [6.45, 7) is 1.74. The Kier molecular flexibility index (Phi) is 2.58. The molecule has 0 aliphatic rings. The summed E-state index contributed by atoms with van der Waals surface area (Å²) < 4.78 is 1.17. The van der Waals surface area contributed by atoms with E-state index < -0.39 is 0 Å². The second-order valence-corrected chi connectivity index (χ2v) is 3.35. The highest BCUT2D eigenvalue weighted by Crippen LogP contribution is 2.19. The van der Waals surface area contributed by atoms with Crippen LogP contribution in [0.2, 0.25) is 0 Å². The fraction of sp³-hybridized carbons (Fsp3) is 0.167. The Morgan fingerprint density at radius 3 is 2.36 bits per heavy atom. The van der Waals surface area contributed by atoms with Crippen molar-refractivity contribution in [3.8, 4) is 6.07 Å². The van der Waals surface area contributed by atoms with Crippen LogP contribution in [0.25, 0.3) is 0 Å². The Morgan fingerprint density at radius 1 is 1.27 bits per heavy atom. The van der Waals surface area contributed by atoms with Crippen molar-refractivity contribution in [2.75, 3.05) is 0 Å². The van der Waals surface area contributed by atoms with Gasteiger partial charge in [-0.1, -0.05) is 0 Å². The summed E-state index contributed by atoms with van der Waals surface area (Å²) in [5.41, 5.74) is 0.975. The zero-order valence-electron chi connectivity index (χ0n) is 5.60. The minimum absolute atomic E-state index is 0.347. The van der Waals surface area contributed by atoms with Crippen LogP contribution in [0.1, 0.15) is 11.4 Å². The zero-order valence-corrected chi connectivity index (χ0v) is 8.77. The molecule has 0 aliphatic carbocycles. The van der Waals surface area contributed by atoms with Gasteiger partial charge in [0.2, 0.25) is 0 Å². The van der Waals surface area contributed by atoms with E-state index in [1.54, 1.807) is 6.92 Å². The number of hydrogen-bond acceptors (Lipinski definition) is 3. The molecule has 0 atom stereocenters. The van der Waals surface area contributed by atoms with Gasteiger partial charge in [0.05, 0.1) is 5.69 Å². The average molecular weight is 277 g/mol. The lowest BCUT2D eigenvalue weighted by Crippen LogP contribution is -1.94. The number of rotatable bonds is 0. The average Bonchev–Trinajstić information content (AvgIpc) is 1.97. The molecule has 0 N–H and O–H groups in total. The fourth-order valence-corrected chi connectivity index (χ4v) is 1.20. The van der Waals surface area contributed by atoms with Crippen molar-refractivity contribution in [1.29, 1.82) is 5.26 Å². The minimum Gasteiger partial charge on any atom is -0.240 e. The van der Waals surface area contributed by atoms with Crippen LogP contribution in [0.4, 0.5) is 0 Å². The summed E-state index contributed by atoms with van der Waals surface area (Å²) >= 11 is 6.33. The Labute approximate surface area is 80.7 Å². The maximum absolute atomic E-state index is 8.55. The summed E-state index contributed by atoms with van der Waals surface area (Å²) in [4.78, 5) is 7.97. The van der Waals surface area contributed by atoms with E-state index in [2.05, 4.69) is 41.8 Å². The van der Waals surface area contributed by atoms with Crippen LogP contribution in [0, 0.1) is 18.3 Å². The molecular formula is C6H3Br2N3. The monoisotopic (exact) mass is 275 g/mol. The Hall–Kier alpha value is -0.470. The predicted octanol–water partition coefficient (Wildman–Crippen LogP) is 2.18. The van der Waals surface area contributed by atoms with Gasteiger partial charge in [-0.25, -0.2) is 9.97 Å². The van der Waals surface area contributed by atoms with Crippen molar-refractivity contribution in [1.82, 2.24) is 9.97 Å². The SMILES string of the molecule is Cc1nc(Br)c(Br)nc1C#N. The van der Waals surface area contributed by atoms with E-state index in [1.807, 2.05) is 6.07 Å². The number of nitrogens with zero attached hydrogens (tertiary/aromatic N) is 3. The highest BCUT2D eigenvalue weighted by Gasteiger charge is 2.05. The molecule has 5 heteroatoms. The van der Waals surface area contributed by atoms with Crippen LogP contribution in [-0.4, -0.2) is 9.97 Å². The molecule has 1 aromatic rings. The molecule has 1 aromatic heterocycles. The maximum Gasteiger partial charge on any atom is 0.163 e. The Bertz CT molecular complexity index is 329. The lowest BCUT2D eigenvalue weighted by atomic mass is 10.3. The van der Waals surface area contributed by atoms with Crippen LogP contribution in [-0.2, 0) is 0 Å². The molecule has 0 fully saturated rings. The van der Waals surface area contributed by atoms with Crippen molar-refractivity contribution < 1.29 is 0 Å². The predicted molar refractivity (Wildman–Crippen MR) is 46.9 cm³/mol. The van der Waals surface area contributed by atoms with Gasteiger partial charge in [0.15, 0.2) is 5.69 Å². The number of aromatic nitrogens is 2. The molecule has 11 heavy (non-hydrogen) atoms. The number of halogens is 2. The quantitative estimate of drug-likeness (QED) is 0.730. The van der Waals surface area contributed by atoms with Gasteiger partial charge < -0.3 is 0 Å². The van der Waals surface area contributed by atoms with Gasteiger partial charge in [-0.05, 0) is 38.8 Å². The van der Waals surface area contributed by atoms with Crippen molar-refractivity contribution in [2.24, 2.45) is 0 Å². The molecular weight excluding hydrogens is 274 g/mol. The molecule has 1 heterocycles. The van der Waals surface area contributed by atoms with Gasteiger partial charge in [-0.2, -0.15) is 5.26 Å². The smallest absolute Gasteiger partial charge is 0.163 e. The summed E-state index contributed by atoms with van der Waals surface area (Å²) in [6.07, 6.45) is 0. The second kappa shape index (κ2) is 3.28. The van der Waals surface area contributed by atoms with E-state index in [4.69, 9.17) is 5.26 Å². The van der Waals surface area contributed by atoms with Crippen molar-refractivity contribution in [3.05, 3.63) is 20.6 Å². The van der Waals surface area contributed by atoms with Gasteiger partial charge in [0, 0.05) is 0 Å². The molecule has 0 saturated carbocycles. The van der Waals surface area contributed by atoms with Crippen LogP contribution >= 0.6 is 31.9 Å². The summed E-state index contributed by atoms with van der Waals surface area (Å²) in [6, 6.07) is 1.94. The fourth-order valence-electron chi connectivity index (χ4n) is 0.577. The largest absolute Gasteiger partial charge is 0.240 e. The standard InChI is InChI=1S/C6H3Br2N3/c1-3-4(2-9)11-6(8)5(7)10-3/h1H3. The number of aryl methyl sites for hydroxylation is 1. The molecule has 56 valence electrons. The maximum atomic E-state index is 8.55. The Morgan fingerprint density at radius 2 is 1.82 bits per heavy atom. The van der Waals surface area contributed by atoms with E-state index in [1.165, 1.54) is 0 Å². The molecule has 0 bridgehead atoms. The van der Waals surface area contributed by atoms with Crippen molar-refractivity contribution in [3.63, 3.8) is 0 Å². The third-order valence-corrected chi connectivity index (χ3v) is 2.73. The van der Waals surface area contributed by atoms with E-state index in [9.17, 15) is 0 Å². The van der Waals surface area contributed by atoms with Gasteiger partial charge in [0.25, 0.3) is 0 Å². The first-order valence-corrected chi connectivity index (χ1v) is 4.33.